The van der Waals surface area contributed by atoms with E-state index < -0.39 is 0 Å². The molecule has 0 spiro atoms. The van der Waals surface area contributed by atoms with Gasteiger partial charge in [-0.25, -0.2) is 4.68 Å². The van der Waals surface area contributed by atoms with Crippen molar-refractivity contribution < 1.29 is 4.74 Å². The van der Waals surface area contributed by atoms with Gasteiger partial charge in [0.05, 0.1) is 16.6 Å². The molecule has 17 heavy (non-hydrogen) atoms. The van der Waals surface area contributed by atoms with Crippen LogP contribution in [0.3, 0.4) is 0 Å². The van der Waals surface area contributed by atoms with Crippen LogP contribution in [0.5, 0.6) is 5.88 Å². The zero-order valence-electron chi connectivity index (χ0n) is 9.74. The Kier molecular flexibility index (Phi) is 4.20. The lowest BCUT2D eigenvalue weighted by molar-refractivity contribution is 0.373. The topological polar surface area (TPSA) is 39.1 Å². The second-order valence-electron chi connectivity index (χ2n) is 3.61. The number of thiophene rings is 1. The molecule has 0 bridgehead atoms. The molecule has 2 heterocycles. The Labute approximate surface area is 113 Å². The van der Waals surface area contributed by atoms with E-state index in [1.807, 2.05) is 13.1 Å². The average molecular weight is 316 g/mol. The molecule has 2 aromatic heterocycles. The molecular formula is C11H14BrN3OS. The first-order valence-corrected chi connectivity index (χ1v) is 6.82. The van der Waals surface area contributed by atoms with E-state index in [1.54, 1.807) is 23.1 Å². The van der Waals surface area contributed by atoms with Crippen LogP contribution in [-0.2, 0) is 20.1 Å². The van der Waals surface area contributed by atoms with Crippen LogP contribution in [0.4, 0.5) is 0 Å². The quantitative estimate of drug-likeness (QED) is 0.921. The second-order valence-corrected chi connectivity index (χ2v) is 6.16. The van der Waals surface area contributed by atoms with Crippen molar-refractivity contribution in [3.8, 4) is 5.88 Å². The minimum absolute atomic E-state index is 0.743. The molecule has 1 N–H and O–H groups in total. The van der Waals surface area contributed by atoms with Crippen LogP contribution in [-0.4, -0.2) is 16.9 Å². The lowest BCUT2D eigenvalue weighted by atomic mass is 10.4. The van der Waals surface area contributed by atoms with Crippen molar-refractivity contribution in [1.29, 1.82) is 0 Å². The monoisotopic (exact) mass is 315 g/mol. The number of hydrogen-bond acceptors (Lipinski definition) is 4. The van der Waals surface area contributed by atoms with Crippen LogP contribution in [0, 0.1) is 0 Å². The van der Waals surface area contributed by atoms with Crippen molar-refractivity contribution in [1.82, 2.24) is 15.1 Å². The van der Waals surface area contributed by atoms with Gasteiger partial charge in [-0.15, -0.1) is 11.3 Å². The summed E-state index contributed by atoms with van der Waals surface area (Å²) in [6.45, 7) is 1.60. The molecule has 0 saturated heterocycles. The maximum absolute atomic E-state index is 5.16. The summed E-state index contributed by atoms with van der Waals surface area (Å²) in [5.74, 6) is 0.778. The van der Waals surface area contributed by atoms with E-state index in [2.05, 4.69) is 38.5 Å². The molecule has 92 valence electrons. The van der Waals surface area contributed by atoms with Crippen LogP contribution in [0.2, 0.25) is 0 Å². The SMILES string of the molecule is COc1cc(CNCc2ccc(Br)s2)nn1C. The predicted octanol–water partition coefficient (Wildman–Crippen LogP) is 2.54. The number of hydrogen-bond donors (Lipinski definition) is 1. The summed E-state index contributed by atoms with van der Waals surface area (Å²) in [5.41, 5.74) is 0.986. The lowest BCUT2D eigenvalue weighted by Gasteiger charge is -1.99. The predicted molar refractivity (Wildman–Crippen MR) is 72.3 cm³/mol. The molecule has 2 aromatic rings. The van der Waals surface area contributed by atoms with Crippen molar-refractivity contribution in [2.45, 2.75) is 13.1 Å². The Morgan fingerprint density at radius 2 is 2.29 bits per heavy atom. The van der Waals surface area contributed by atoms with Gasteiger partial charge in [0, 0.05) is 31.1 Å². The van der Waals surface area contributed by atoms with Gasteiger partial charge in [0.25, 0.3) is 0 Å². The van der Waals surface area contributed by atoms with E-state index in [1.165, 1.54) is 4.88 Å². The molecule has 0 radical (unpaired) electrons. The molecule has 4 nitrogen and oxygen atoms in total. The van der Waals surface area contributed by atoms with Gasteiger partial charge in [0.2, 0.25) is 5.88 Å². The minimum atomic E-state index is 0.743. The van der Waals surface area contributed by atoms with Crippen molar-refractivity contribution in [3.05, 3.63) is 32.6 Å². The van der Waals surface area contributed by atoms with Crippen molar-refractivity contribution in [2.24, 2.45) is 7.05 Å². The molecule has 0 aliphatic heterocycles. The first kappa shape index (κ1) is 12.6. The molecule has 0 amide bonds. The van der Waals surface area contributed by atoms with E-state index >= 15 is 0 Å². The maximum Gasteiger partial charge on any atom is 0.211 e. The standard InChI is InChI=1S/C11H14BrN3OS/c1-15-11(16-2)5-8(14-15)6-13-7-9-3-4-10(12)17-9/h3-5,13H,6-7H2,1-2H3. The van der Waals surface area contributed by atoms with Crippen LogP contribution in [0.25, 0.3) is 0 Å². The number of aromatic nitrogens is 2. The van der Waals surface area contributed by atoms with Gasteiger partial charge in [-0.3, -0.25) is 0 Å². The van der Waals surface area contributed by atoms with Crippen LogP contribution < -0.4 is 10.1 Å². The van der Waals surface area contributed by atoms with E-state index in [4.69, 9.17) is 4.74 Å². The Morgan fingerprint density at radius 3 is 2.88 bits per heavy atom. The van der Waals surface area contributed by atoms with Gasteiger partial charge in [0.1, 0.15) is 0 Å². The summed E-state index contributed by atoms with van der Waals surface area (Å²) in [6.07, 6.45) is 0. The van der Waals surface area contributed by atoms with Crippen molar-refractivity contribution in [3.63, 3.8) is 0 Å². The third-order valence-electron chi connectivity index (χ3n) is 2.33. The Morgan fingerprint density at radius 1 is 1.47 bits per heavy atom. The van der Waals surface area contributed by atoms with E-state index in [9.17, 15) is 0 Å². The van der Waals surface area contributed by atoms with Crippen LogP contribution >= 0.6 is 27.3 Å². The summed E-state index contributed by atoms with van der Waals surface area (Å²) in [7, 11) is 3.52. The van der Waals surface area contributed by atoms with Gasteiger partial charge >= 0.3 is 0 Å². The summed E-state index contributed by atoms with van der Waals surface area (Å²) in [6, 6.07) is 6.11. The number of halogens is 1. The summed E-state index contributed by atoms with van der Waals surface area (Å²) in [5, 5.41) is 7.70. The fourth-order valence-electron chi connectivity index (χ4n) is 1.54. The van der Waals surface area contributed by atoms with Crippen molar-refractivity contribution >= 4 is 27.3 Å². The molecule has 0 atom stereocenters. The largest absolute Gasteiger partial charge is 0.481 e. The highest BCUT2D eigenvalue weighted by atomic mass is 79.9. The number of nitrogens with zero attached hydrogens (tertiary/aromatic N) is 2. The summed E-state index contributed by atoms with van der Waals surface area (Å²) in [4.78, 5) is 1.31. The molecule has 0 unspecified atom stereocenters. The Balaban J connectivity index is 1.85. The third-order valence-corrected chi connectivity index (χ3v) is 3.95. The molecule has 0 fully saturated rings. The van der Waals surface area contributed by atoms with Gasteiger partial charge in [-0.1, -0.05) is 0 Å². The van der Waals surface area contributed by atoms with E-state index in [-0.39, 0.29) is 0 Å². The minimum Gasteiger partial charge on any atom is -0.481 e. The molecule has 6 heteroatoms. The van der Waals surface area contributed by atoms with Gasteiger partial charge < -0.3 is 10.1 Å². The highest BCUT2D eigenvalue weighted by molar-refractivity contribution is 9.11. The molecule has 0 aliphatic rings. The lowest BCUT2D eigenvalue weighted by Crippen LogP contribution is -2.12. The van der Waals surface area contributed by atoms with Crippen molar-refractivity contribution in [2.75, 3.05) is 7.11 Å². The van der Waals surface area contributed by atoms with Crippen LogP contribution in [0.1, 0.15) is 10.6 Å². The first-order chi connectivity index (χ1) is 8.19. The normalized spacial score (nSPS) is 10.8. The third kappa shape index (κ3) is 3.31. The van der Waals surface area contributed by atoms with Crippen LogP contribution in [0.15, 0.2) is 22.0 Å². The first-order valence-electron chi connectivity index (χ1n) is 5.21. The highest BCUT2D eigenvalue weighted by Gasteiger charge is 2.04. The summed E-state index contributed by atoms with van der Waals surface area (Å²) < 4.78 is 8.06. The highest BCUT2D eigenvalue weighted by Crippen LogP contribution is 2.21. The zero-order valence-corrected chi connectivity index (χ0v) is 12.1. The van der Waals surface area contributed by atoms with Gasteiger partial charge in [0.15, 0.2) is 0 Å². The zero-order chi connectivity index (χ0) is 12.3. The summed E-state index contributed by atoms with van der Waals surface area (Å²) >= 11 is 5.19. The van der Waals surface area contributed by atoms with E-state index in [0.29, 0.717) is 0 Å². The fourth-order valence-corrected chi connectivity index (χ4v) is 3.00. The molecule has 0 saturated carbocycles. The maximum atomic E-state index is 5.16. The smallest absolute Gasteiger partial charge is 0.211 e. The van der Waals surface area contributed by atoms with E-state index in [0.717, 1.165) is 28.4 Å². The molecular weight excluding hydrogens is 302 g/mol. The molecule has 0 aliphatic carbocycles. The second kappa shape index (κ2) is 5.66. The number of nitrogens with one attached hydrogen (secondary N) is 1. The molecule has 2 rings (SSSR count). The number of aryl methyl sites for hydroxylation is 1. The average Bonchev–Trinajstić information content (AvgIpc) is 2.85. The Hall–Kier alpha value is -0.850. The molecule has 0 aromatic carbocycles. The van der Waals surface area contributed by atoms with Gasteiger partial charge in [-0.05, 0) is 28.1 Å². The number of rotatable bonds is 5. The fraction of sp³-hybridized carbons (Fsp3) is 0.364. The number of methoxy groups -OCH3 is 1. The number of ether oxygens (including phenoxy) is 1. The van der Waals surface area contributed by atoms with Gasteiger partial charge in [-0.2, -0.15) is 5.10 Å². The Bertz CT molecular complexity index is 495.